The molecule has 1 rings (SSSR count). The minimum Gasteiger partial charge on any atom is -0.427 e. The van der Waals surface area contributed by atoms with Gasteiger partial charge in [0.2, 0.25) is 0 Å². The van der Waals surface area contributed by atoms with Crippen LogP contribution in [0.2, 0.25) is 0 Å². The summed E-state index contributed by atoms with van der Waals surface area (Å²) < 4.78 is 4.85. The fourth-order valence-electron chi connectivity index (χ4n) is 1.04. The van der Waals surface area contributed by atoms with Gasteiger partial charge in [0.25, 0.3) is 0 Å². The average Bonchev–Trinajstić information content (AvgIpc) is 2.17. The van der Waals surface area contributed by atoms with Crippen LogP contribution in [0.3, 0.4) is 0 Å². The van der Waals surface area contributed by atoms with Crippen LogP contribution in [0.25, 0.3) is 11.8 Å². The third-order valence-electron chi connectivity index (χ3n) is 1.74. The van der Waals surface area contributed by atoms with E-state index in [-0.39, 0.29) is 5.97 Å². The normalized spacial score (nSPS) is 9.21. The maximum absolute atomic E-state index is 10.7. The fraction of sp³-hybridized carbons (Fsp3) is 0.0833. The average molecular weight is 188 g/mol. The van der Waals surface area contributed by atoms with Crippen molar-refractivity contribution < 1.29 is 9.53 Å². The van der Waals surface area contributed by atoms with Gasteiger partial charge in [0.05, 0.1) is 0 Å². The highest BCUT2D eigenvalue weighted by Gasteiger charge is 2.01. The lowest BCUT2D eigenvalue weighted by Gasteiger charge is -2.04. The summed E-state index contributed by atoms with van der Waals surface area (Å²) >= 11 is 0. The molecule has 0 aromatic heterocycles. The van der Waals surface area contributed by atoms with E-state index < -0.39 is 0 Å². The molecule has 14 heavy (non-hydrogen) atoms. The van der Waals surface area contributed by atoms with Crippen LogP contribution in [0.15, 0.2) is 37.4 Å². The standard InChI is InChI=1S/C12H12O2/c1-4-11-5-7-12(8-6-11)9(2)14-10(3)13/h4-8H,1-2H2,3H3. The van der Waals surface area contributed by atoms with Gasteiger partial charge in [0.1, 0.15) is 5.76 Å². The lowest BCUT2D eigenvalue weighted by Crippen LogP contribution is -1.96. The monoisotopic (exact) mass is 188 g/mol. The number of rotatable bonds is 3. The van der Waals surface area contributed by atoms with E-state index in [1.807, 2.05) is 24.3 Å². The molecule has 0 fully saturated rings. The van der Waals surface area contributed by atoms with Gasteiger partial charge in [-0.1, -0.05) is 43.5 Å². The smallest absolute Gasteiger partial charge is 0.308 e. The third kappa shape index (κ3) is 2.59. The molecule has 0 unspecified atom stereocenters. The first kappa shape index (κ1) is 10.3. The Balaban J connectivity index is 2.81. The molecule has 0 saturated carbocycles. The minimum absolute atomic E-state index is 0.359. The fourth-order valence-corrected chi connectivity index (χ4v) is 1.04. The van der Waals surface area contributed by atoms with Crippen molar-refractivity contribution in [3.8, 4) is 0 Å². The second kappa shape index (κ2) is 4.42. The maximum atomic E-state index is 10.7. The molecule has 1 aromatic carbocycles. The van der Waals surface area contributed by atoms with E-state index in [4.69, 9.17) is 4.74 Å². The molecule has 0 saturated heterocycles. The topological polar surface area (TPSA) is 26.3 Å². The van der Waals surface area contributed by atoms with Gasteiger partial charge in [-0.3, -0.25) is 4.79 Å². The highest BCUT2D eigenvalue weighted by Crippen LogP contribution is 2.15. The molecule has 0 N–H and O–H groups in total. The molecule has 0 aliphatic carbocycles. The molecule has 0 heterocycles. The Morgan fingerprint density at radius 3 is 2.36 bits per heavy atom. The van der Waals surface area contributed by atoms with Gasteiger partial charge < -0.3 is 4.74 Å². The summed E-state index contributed by atoms with van der Waals surface area (Å²) in [7, 11) is 0. The molecule has 0 radical (unpaired) electrons. The van der Waals surface area contributed by atoms with E-state index in [2.05, 4.69) is 13.2 Å². The molecule has 0 bridgehead atoms. The first-order valence-corrected chi connectivity index (χ1v) is 4.23. The van der Waals surface area contributed by atoms with Crippen LogP contribution >= 0.6 is 0 Å². The van der Waals surface area contributed by atoms with E-state index in [0.717, 1.165) is 11.1 Å². The van der Waals surface area contributed by atoms with Gasteiger partial charge >= 0.3 is 5.97 Å². The molecule has 0 spiro atoms. The highest BCUT2D eigenvalue weighted by atomic mass is 16.5. The zero-order valence-electron chi connectivity index (χ0n) is 8.12. The summed E-state index contributed by atoms with van der Waals surface area (Å²) in [4.78, 5) is 10.7. The second-order valence-electron chi connectivity index (χ2n) is 2.84. The number of benzene rings is 1. The van der Waals surface area contributed by atoms with Gasteiger partial charge in [0, 0.05) is 12.5 Å². The lowest BCUT2D eigenvalue weighted by molar-refractivity contribution is -0.134. The number of esters is 1. The van der Waals surface area contributed by atoms with Crippen molar-refractivity contribution in [2.75, 3.05) is 0 Å². The van der Waals surface area contributed by atoms with Crippen molar-refractivity contribution in [3.05, 3.63) is 48.6 Å². The Labute approximate surface area is 83.5 Å². The van der Waals surface area contributed by atoms with Crippen LogP contribution in [-0.2, 0) is 9.53 Å². The number of hydrogen-bond acceptors (Lipinski definition) is 2. The molecule has 0 amide bonds. The molecular formula is C12H12O2. The third-order valence-corrected chi connectivity index (χ3v) is 1.74. The number of ether oxygens (including phenoxy) is 1. The van der Waals surface area contributed by atoms with Gasteiger partial charge in [0.15, 0.2) is 0 Å². The van der Waals surface area contributed by atoms with E-state index in [9.17, 15) is 4.79 Å². The highest BCUT2D eigenvalue weighted by molar-refractivity contribution is 5.75. The van der Waals surface area contributed by atoms with Crippen molar-refractivity contribution in [2.24, 2.45) is 0 Å². The zero-order valence-corrected chi connectivity index (χ0v) is 8.12. The number of carbonyl (C=O) groups excluding carboxylic acids is 1. The molecule has 2 heteroatoms. The van der Waals surface area contributed by atoms with E-state index in [0.29, 0.717) is 5.76 Å². The minimum atomic E-state index is -0.359. The van der Waals surface area contributed by atoms with Crippen LogP contribution in [-0.4, -0.2) is 5.97 Å². The van der Waals surface area contributed by atoms with Crippen molar-refractivity contribution in [1.82, 2.24) is 0 Å². The first-order valence-electron chi connectivity index (χ1n) is 4.23. The van der Waals surface area contributed by atoms with Crippen molar-refractivity contribution in [3.63, 3.8) is 0 Å². The van der Waals surface area contributed by atoms with Crippen LogP contribution in [0.4, 0.5) is 0 Å². The van der Waals surface area contributed by atoms with Gasteiger partial charge in [-0.15, -0.1) is 0 Å². The predicted molar refractivity (Wildman–Crippen MR) is 57.3 cm³/mol. The van der Waals surface area contributed by atoms with E-state index >= 15 is 0 Å². The van der Waals surface area contributed by atoms with Gasteiger partial charge in [-0.25, -0.2) is 0 Å². The summed E-state index contributed by atoms with van der Waals surface area (Å²) in [6.45, 7) is 8.65. The Bertz CT molecular complexity index is 360. The summed E-state index contributed by atoms with van der Waals surface area (Å²) in [6, 6.07) is 7.44. The molecular weight excluding hydrogens is 176 g/mol. The van der Waals surface area contributed by atoms with Crippen LogP contribution in [0.5, 0.6) is 0 Å². The number of carbonyl (C=O) groups is 1. The van der Waals surface area contributed by atoms with E-state index in [1.165, 1.54) is 6.92 Å². The molecule has 0 aliphatic heterocycles. The lowest BCUT2D eigenvalue weighted by atomic mass is 10.1. The van der Waals surface area contributed by atoms with Gasteiger partial charge in [-0.05, 0) is 5.56 Å². The van der Waals surface area contributed by atoms with Crippen LogP contribution in [0.1, 0.15) is 18.1 Å². The van der Waals surface area contributed by atoms with Crippen molar-refractivity contribution >= 4 is 17.8 Å². The van der Waals surface area contributed by atoms with Crippen molar-refractivity contribution in [2.45, 2.75) is 6.92 Å². The number of hydrogen-bond donors (Lipinski definition) is 0. The summed E-state index contributed by atoms with van der Waals surface area (Å²) in [6.07, 6.45) is 1.75. The Morgan fingerprint density at radius 1 is 1.36 bits per heavy atom. The predicted octanol–water partition coefficient (Wildman–Crippen LogP) is 2.86. The van der Waals surface area contributed by atoms with Gasteiger partial charge in [-0.2, -0.15) is 0 Å². The van der Waals surface area contributed by atoms with E-state index in [1.54, 1.807) is 6.08 Å². The zero-order chi connectivity index (χ0) is 10.6. The Hall–Kier alpha value is -1.83. The second-order valence-corrected chi connectivity index (χ2v) is 2.84. The maximum Gasteiger partial charge on any atom is 0.308 e. The molecule has 72 valence electrons. The first-order chi connectivity index (χ1) is 6.63. The largest absolute Gasteiger partial charge is 0.427 e. The molecule has 0 atom stereocenters. The van der Waals surface area contributed by atoms with Crippen LogP contribution < -0.4 is 0 Å². The molecule has 0 aliphatic rings. The summed E-state index contributed by atoms with van der Waals surface area (Å²) in [5, 5.41) is 0. The summed E-state index contributed by atoms with van der Waals surface area (Å²) in [5.41, 5.74) is 1.81. The Kier molecular flexibility index (Phi) is 3.24. The SMILES string of the molecule is C=Cc1ccc(C(=C)OC(C)=O)cc1. The van der Waals surface area contributed by atoms with Crippen molar-refractivity contribution in [1.29, 1.82) is 0 Å². The van der Waals surface area contributed by atoms with Crippen LogP contribution in [0, 0.1) is 0 Å². The Morgan fingerprint density at radius 2 is 1.93 bits per heavy atom. The molecule has 2 nitrogen and oxygen atoms in total. The quantitative estimate of drug-likeness (QED) is 0.538. The summed E-state index contributed by atoms with van der Waals surface area (Å²) in [5.74, 6) is 0.0101. The molecule has 1 aromatic rings.